The summed E-state index contributed by atoms with van der Waals surface area (Å²) < 4.78 is 38.9. The largest absolute Gasteiger partial charge is 0.284 e. The minimum Gasteiger partial charge on any atom is -0.284 e. The van der Waals surface area contributed by atoms with Gasteiger partial charge in [-0.15, -0.1) is 6.58 Å². The summed E-state index contributed by atoms with van der Waals surface area (Å²) in [6.07, 6.45) is 6.15. The molecule has 1 fully saturated rings. The second-order valence-electron chi connectivity index (χ2n) is 7.18. The van der Waals surface area contributed by atoms with Crippen molar-refractivity contribution >= 4 is 22.4 Å². The lowest BCUT2D eigenvalue weighted by Crippen LogP contribution is -2.47. The van der Waals surface area contributed by atoms with Crippen LogP contribution in [0.15, 0.2) is 46.9 Å². The molecule has 2 atom stereocenters. The van der Waals surface area contributed by atoms with Gasteiger partial charge in [0.05, 0.1) is 5.75 Å². The van der Waals surface area contributed by atoms with Crippen molar-refractivity contribution < 1.29 is 12.8 Å². The lowest BCUT2D eigenvalue weighted by atomic mass is 9.89. The van der Waals surface area contributed by atoms with Crippen LogP contribution in [0.2, 0.25) is 0 Å². The van der Waals surface area contributed by atoms with E-state index in [4.69, 9.17) is 0 Å². The van der Waals surface area contributed by atoms with Gasteiger partial charge in [-0.3, -0.25) is 9.89 Å². The summed E-state index contributed by atoms with van der Waals surface area (Å²) in [7, 11) is -3.45. The van der Waals surface area contributed by atoms with Gasteiger partial charge >= 0.3 is 0 Å². The number of nitrogens with zero attached hydrogens (tertiary/aromatic N) is 3. The fraction of sp³-hybridized carbons (Fsp3) is 0.474. The molecule has 1 aromatic rings. The standard InChI is InChI=1S/C19H24FN3O2S/c1-3-18(26(24,25)13-19(2)12-21-14-22-19)23-10-8-16(9-11-23)15-4-6-17(20)7-5-15/h3-7,12,14,16,18H,1,8-11,13H2,2H3/t18?,19-/m0/s1. The van der Waals surface area contributed by atoms with Crippen LogP contribution in [0.4, 0.5) is 4.39 Å². The number of likely N-dealkylation sites (tertiary alicyclic amines) is 1. The summed E-state index contributed by atoms with van der Waals surface area (Å²) in [5, 5.41) is -0.724. The van der Waals surface area contributed by atoms with E-state index in [0.29, 0.717) is 19.0 Å². The van der Waals surface area contributed by atoms with Crippen molar-refractivity contribution in [1.82, 2.24) is 4.90 Å². The summed E-state index contributed by atoms with van der Waals surface area (Å²) >= 11 is 0. The van der Waals surface area contributed by atoms with Gasteiger partial charge in [-0.2, -0.15) is 0 Å². The third kappa shape index (κ3) is 4.10. The molecule has 0 radical (unpaired) electrons. The minimum absolute atomic E-state index is 0.0887. The summed E-state index contributed by atoms with van der Waals surface area (Å²) in [5.74, 6) is -0.00565. The van der Waals surface area contributed by atoms with Crippen molar-refractivity contribution in [2.24, 2.45) is 9.98 Å². The fourth-order valence-electron chi connectivity index (χ4n) is 3.70. The molecule has 0 N–H and O–H groups in total. The number of halogens is 1. The molecule has 26 heavy (non-hydrogen) atoms. The molecule has 0 saturated carbocycles. The summed E-state index contributed by atoms with van der Waals surface area (Å²) in [4.78, 5) is 10.0. The van der Waals surface area contributed by atoms with Crippen molar-refractivity contribution in [3.05, 3.63) is 48.3 Å². The first-order valence-corrected chi connectivity index (χ1v) is 10.5. The summed E-state index contributed by atoms with van der Waals surface area (Å²) in [5.41, 5.74) is 0.306. The van der Waals surface area contributed by atoms with Gasteiger partial charge in [0.1, 0.15) is 23.1 Å². The zero-order valence-corrected chi connectivity index (χ0v) is 15.7. The quantitative estimate of drug-likeness (QED) is 0.716. The van der Waals surface area contributed by atoms with Crippen molar-refractivity contribution in [3.63, 3.8) is 0 Å². The monoisotopic (exact) mass is 377 g/mol. The van der Waals surface area contributed by atoms with E-state index in [1.54, 1.807) is 13.1 Å². The van der Waals surface area contributed by atoms with Crippen molar-refractivity contribution in [3.8, 4) is 0 Å². The van der Waals surface area contributed by atoms with E-state index in [9.17, 15) is 12.8 Å². The zero-order valence-electron chi connectivity index (χ0n) is 14.9. The first-order chi connectivity index (χ1) is 12.3. The molecule has 0 bridgehead atoms. The van der Waals surface area contributed by atoms with Crippen LogP contribution < -0.4 is 0 Å². The van der Waals surface area contributed by atoms with Gasteiger partial charge in [-0.25, -0.2) is 17.8 Å². The maximum atomic E-state index is 13.1. The first-order valence-electron chi connectivity index (χ1n) is 8.75. The van der Waals surface area contributed by atoms with Gasteiger partial charge in [-0.05, 0) is 43.4 Å². The Bertz CT molecular complexity index is 798. The highest BCUT2D eigenvalue weighted by atomic mass is 32.2. The Morgan fingerprint density at radius 3 is 2.54 bits per heavy atom. The summed E-state index contributed by atoms with van der Waals surface area (Å²) in [6.45, 7) is 6.83. The zero-order chi connectivity index (χ0) is 18.8. The Morgan fingerprint density at radius 2 is 2.00 bits per heavy atom. The summed E-state index contributed by atoms with van der Waals surface area (Å²) in [6, 6.07) is 6.58. The molecule has 2 heterocycles. The van der Waals surface area contributed by atoms with Crippen LogP contribution in [0.5, 0.6) is 0 Å². The average molecular weight is 377 g/mol. The predicted molar refractivity (Wildman–Crippen MR) is 103 cm³/mol. The number of hydrogen-bond acceptors (Lipinski definition) is 5. The molecule has 0 aliphatic carbocycles. The molecule has 1 aromatic carbocycles. The Labute approximate surface area is 154 Å². The van der Waals surface area contributed by atoms with Crippen LogP contribution in [0.1, 0.15) is 31.2 Å². The van der Waals surface area contributed by atoms with Gasteiger partial charge in [0.15, 0.2) is 9.84 Å². The van der Waals surface area contributed by atoms with E-state index in [1.807, 2.05) is 17.0 Å². The fourth-order valence-corrected chi connectivity index (χ4v) is 5.80. The first kappa shape index (κ1) is 18.9. The second-order valence-corrected chi connectivity index (χ2v) is 9.27. The van der Waals surface area contributed by atoms with Crippen LogP contribution >= 0.6 is 0 Å². The van der Waals surface area contributed by atoms with E-state index < -0.39 is 20.8 Å². The molecule has 3 rings (SSSR count). The topological polar surface area (TPSA) is 62.1 Å². The van der Waals surface area contributed by atoms with Crippen molar-refractivity contribution in [1.29, 1.82) is 0 Å². The molecule has 2 aliphatic heterocycles. The van der Waals surface area contributed by atoms with Gasteiger partial charge in [0, 0.05) is 19.3 Å². The maximum absolute atomic E-state index is 13.1. The second kappa shape index (κ2) is 7.40. The predicted octanol–water partition coefficient (Wildman–Crippen LogP) is 2.80. The highest BCUT2D eigenvalue weighted by molar-refractivity contribution is 7.92. The van der Waals surface area contributed by atoms with Gasteiger partial charge in [0.2, 0.25) is 0 Å². The number of hydrogen-bond donors (Lipinski definition) is 0. The lowest BCUT2D eigenvalue weighted by Gasteiger charge is -2.36. The number of piperidine rings is 1. The van der Waals surface area contributed by atoms with E-state index in [1.165, 1.54) is 24.5 Å². The van der Waals surface area contributed by atoms with Crippen LogP contribution in [0, 0.1) is 5.82 Å². The number of benzene rings is 1. The molecular weight excluding hydrogens is 353 g/mol. The van der Waals surface area contributed by atoms with Crippen LogP contribution in [-0.4, -0.2) is 55.6 Å². The molecule has 1 saturated heterocycles. The molecule has 0 aromatic heterocycles. The Kier molecular flexibility index (Phi) is 5.39. The molecule has 0 amide bonds. The molecule has 2 aliphatic rings. The Hall–Kier alpha value is -1.86. The SMILES string of the molecule is C=CC(N1CCC(c2ccc(F)cc2)CC1)S(=O)(=O)C[C@]1(C)C=NC=N1. The van der Waals surface area contributed by atoms with Crippen molar-refractivity contribution in [2.45, 2.75) is 36.6 Å². The smallest absolute Gasteiger partial charge is 0.172 e. The van der Waals surface area contributed by atoms with Gasteiger partial charge in [0.25, 0.3) is 0 Å². The highest BCUT2D eigenvalue weighted by Gasteiger charge is 2.38. The molecule has 1 unspecified atom stereocenters. The average Bonchev–Trinajstić information content (AvgIpc) is 3.02. The molecular formula is C19H24FN3O2S. The highest BCUT2D eigenvalue weighted by Crippen LogP contribution is 2.30. The van der Waals surface area contributed by atoms with Gasteiger partial charge in [-0.1, -0.05) is 18.2 Å². The minimum atomic E-state index is -3.45. The Morgan fingerprint density at radius 1 is 1.35 bits per heavy atom. The van der Waals surface area contributed by atoms with Crippen molar-refractivity contribution in [2.75, 3.05) is 18.8 Å². The third-order valence-electron chi connectivity index (χ3n) is 5.07. The van der Waals surface area contributed by atoms with Gasteiger partial charge < -0.3 is 0 Å². The van der Waals surface area contributed by atoms with E-state index >= 15 is 0 Å². The van der Waals surface area contributed by atoms with Crippen LogP contribution in [0.3, 0.4) is 0 Å². The molecule has 0 spiro atoms. The molecule has 5 nitrogen and oxygen atoms in total. The normalized spacial score (nSPS) is 25.5. The number of sulfone groups is 1. The Balaban J connectivity index is 1.66. The molecule has 7 heteroatoms. The van der Waals surface area contributed by atoms with E-state index in [2.05, 4.69) is 16.6 Å². The lowest BCUT2D eigenvalue weighted by molar-refractivity contribution is 0.212. The number of aliphatic imine (C=N–C) groups is 2. The van der Waals surface area contributed by atoms with E-state index in [0.717, 1.165) is 18.4 Å². The van der Waals surface area contributed by atoms with Crippen LogP contribution in [0.25, 0.3) is 0 Å². The maximum Gasteiger partial charge on any atom is 0.172 e. The third-order valence-corrected chi connectivity index (χ3v) is 7.28. The molecule has 140 valence electrons. The van der Waals surface area contributed by atoms with E-state index in [-0.39, 0.29) is 11.6 Å². The number of rotatable bonds is 6. The van der Waals surface area contributed by atoms with Crippen LogP contribution in [-0.2, 0) is 9.84 Å².